The van der Waals surface area contributed by atoms with E-state index in [9.17, 15) is 13.2 Å². The number of benzene rings is 1. The number of halogens is 1. The number of nitrogens with zero attached hydrogens (tertiary/aromatic N) is 4. The van der Waals surface area contributed by atoms with E-state index in [4.69, 9.17) is 20.5 Å². The van der Waals surface area contributed by atoms with Crippen LogP contribution in [0.5, 0.6) is 5.75 Å². The van der Waals surface area contributed by atoms with Crippen LogP contribution in [0.2, 0.25) is 5.02 Å². The van der Waals surface area contributed by atoms with Gasteiger partial charge in [-0.25, -0.2) is 9.97 Å². The lowest BCUT2D eigenvalue weighted by molar-refractivity contribution is -0.126. The number of hydrogen-bond acceptors (Lipinski definition) is 10. The molecule has 0 atom stereocenters. The highest BCUT2D eigenvalue weighted by Crippen LogP contribution is 2.38. The van der Waals surface area contributed by atoms with Crippen LogP contribution in [0.15, 0.2) is 61.1 Å². The first-order valence-corrected chi connectivity index (χ1v) is 15.4. The summed E-state index contributed by atoms with van der Waals surface area (Å²) in [4.78, 5) is 29.6. The molecule has 5 rings (SSSR count). The summed E-state index contributed by atoms with van der Waals surface area (Å²) in [6.45, 7) is 1.33. The lowest BCUT2D eigenvalue weighted by atomic mass is 10.0. The van der Waals surface area contributed by atoms with Gasteiger partial charge in [0.05, 0.1) is 35.5 Å². The lowest BCUT2D eigenvalue weighted by Gasteiger charge is -2.26. The van der Waals surface area contributed by atoms with E-state index in [0.29, 0.717) is 49.1 Å². The van der Waals surface area contributed by atoms with Crippen molar-refractivity contribution in [3.05, 3.63) is 82.2 Å². The Labute approximate surface area is 240 Å². The predicted octanol–water partition coefficient (Wildman–Crippen LogP) is 4.87. The van der Waals surface area contributed by atoms with Crippen LogP contribution >= 0.6 is 22.9 Å². The van der Waals surface area contributed by atoms with Crippen LogP contribution in [-0.4, -0.2) is 53.6 Å². The van der Waals surface area contributed by atoms with Crippen molar-refractivity contribution in [3.8, 4) is 5.75 Å². The summed E-state index contributed by atoms with van der Waals surface area (Å²) in [5, 5.41) is 4.77. The maximum absolute atomic E-state index is 12.7. The van der Waals surface area contributed by atoms with Gasteiger partial charge in [-0.1, -0.05) is 23.7 Å². The maximum atomic E-state index is 12.7. The summed E-state index contributed by atoms with van der Waals surface area (Å²) in [7, 11) is -3.49. The molecule has 1 aliphatic rings. The monoisotopic (exact) mass is 599 g/mol. The third kappa shape index (κ3) is 6.94. The van der Waals surface area contributed by atoms with E-state index < -0.39 is 10.1 Å². The number of ether oxygens (including phenoxy) is 1. The van der Waals surface area contributed by atoms with E-state index >= 15 is 0 Å². The van der Waals surface area contributed by atoms with Gasteiger partial charge in [0.15, 0.2) is 0 Å². The van der Waals surface area contributed by atoms with Gasteiger partial charge in [0.25, 0.3) is 10.1 Å². The number of carbonyl (C=O) groups is 1. The minimum atomic E-state index is -3.49. The smallest absolute Gasteiger partial charge is 0.264 e. The van der Waals surface area contributed by atoms with Crippen LogP contribution in [0, 0.1) is 0 Å². The second-order valence-corrected chi connectivity index (χ2v) is 12.1. The number of carbonyl (C=O) groups excluding carboxylic acids is 1. The van der Waals surface area contributed by atoms with Crippen LogP contribution < -0.4 is 10.1 Å². The highest BCUT2D eigenvalue weighted by Gasteiger charge is 2.25. The molecule has 40 heavy (non-hydrogen) atoms. The molecule has 4 aromatic rings. The van der Waals surface area contributed by atoms with Gasteiger partial charge in [-0.15, -0.1) is 11.3 Å². The fraction of sp³-hybridized carbons (Fsp3) is 0.259. The molecule has 0 fully saturated rings. The van der Waals surface area contributed by atoms with E-state index in [1.807, 2.05) is 24.3 Å². The number of aromatic nitrogens is 3. The Balaban J connectivity index is 1.26. The zero-order chi connectivity index (χ0) is 28.1. The quantitative estimate of drug-likeness (QED) is 0.154. The lowest BCUT2D eigenvalue weighted by Crippen LogP contribution is -2.34. The first-order chi connectivity index (χ1) is 19.3. The number of rotatable bonds is 10. The average molecular weight is 600 g/mol. The average Bonchev–Trinajstić information content (AvgIpc) is 3.31. The molecule has 0 saturated carbocycles. The Hall–Kier alpha value is -3.58. The van der Waals surface area contributed by atoms with Gasteiger partial charge in [0.1, 0.15) is 29.3 Å². The van der Waals surface area contributed by atoms with Gasteiger partial charge in [-0.2, -0.15) is 8.42 Å². The molecule has 0 aliphatic carbocycles. The van der Waals surface area contributed by atoms with Crippen molar-refractivity contribution in [2.24, 2.45) is 0 Å². The fourth-order valence-electron chi connectivity index (χ4n) is 4.24. The van der Waals surface area contributed by atoms with Gasteiger partial charge < -0.3 is 15.0 Å². The summed E-state index contributed by atoms with van der Waals surface area (Å²) in [5.74, 6) is 1.10. The number of hydrogen-bond donors (Lipinski definition) is 1. The molecule has 0 unspecified atom stereocenters. The van der Waals surface area contributed by atoms with Crippen molar-refractivity contribution >= 4 is 60.7 Å². The number of pyridine rings is 1. The first-order valence-electron chi connectivity index (χ1n) is 12.4. The van der Waals surface area contributed by atoms with Gasteiger partial charge in [0.2, 0.25) is 5.91 Å². The Morgan fingerprint density at radius 1 is 1.23 bits per heavy atom. The molecular formula is C27H26ClN5O5S2. The zero-order valence-electron chi connectivity index (χ0n) is 21.5. The molecular weight excluding hydrogens is 574 g/mol. The van der Waals surface area contributed by atoms with E-state index in [2.05, 4.69) is 20.3 Å². The third-order valence-electron chi connectivity index (χ3n) is 6.09. The van der Waals surface area contributed by atoms with Gasteiger partial charge in [-0.05, 0) is 54.8 Å². The normalized spacial score (nSPS) is 13.5. The minimum absolute atomic E-state index is 0.00362. The maximum Gasteiger partial charge on any atom is 0.264 e. The number of anilines is 2. The number of nitrogens with one attached hydrogen (secondary N) is 1. The second kappa shape index (κ2) is 12.3. The Morgan fingerprint density at radius 2 is 2.10 bits per heavy atom. The molecule has 4 heterocycles. The number of fused-ring (bicyclic) bond motifs is 3. The van der Waals surface area contributed by atoms with Gasteiger partial charge >= 0.3 is 0 Å². The van der Waals surface area contributed by atoms with Crippen LogP contribution in [-0.2, 0) is 38.7 Å². The molecule has 208 valence electrons. The molecule has 0 spiro atoms. The van der Waals surface area contributed by atoms with Crippen molar-refractivity contribution in [3.63, 3.8) is 0 Å². The highest BCUT2D eigenvalue weighted by molar-refractivity contribution is 7.85. The van der Waals surface area contributed by atoms with E-state index in [-0.39, 0.29) is 12.5 Å². The molecule has 1 aliphatic heterocycles. The third-order valence-corrected chi connectivity index (χ3v) is 8.10. The Morgan fingerprint density at radius 3 is 2.88 bits per heavy atom. The SMILES string of the molecule is CS(=O)(=O)OCCC=CC(=O)N1CCc2c(sc3ncnc(Nc4ccc(OCc5ccccn5)c(Cl)c4)c23)C1. The van der Waals surface area contributed by atoms with Crippen LogP contribution in [0.1, 0.15) is 22.6 Å². The van der Waals surface area contributed by atoms with Crippen LogP contribution in [0.25, 0.3) is 10.2 Å². The molecule has 1 aromatic carbocycles. The molecule has 1 N–H and O–H groups in total. The van der Waals surface area contributed by atoms with Crippen molar-refractivity contribution in [2.45, 2.75) is 26.0 Å². The van der Waals surface area contributed by atoms with Gasteiger partial charge in [-0.3, -0.25) is 14.0 Å². The minimum Gasteiger partial charge on any atom is -0.486 e. The molecule has 10 nitrogen and oxygen atoms in total. The van der Waals surface area contributed by atoms with Crippen molar-refractivity contribution in [1.29, 1.82) is 0 Å². The van der Waals surface area contributed by atoms with E-state index in [0.717, 1.165) is 38.3 Å². The highest BCUT2D eigenvalue weighted by atomic mass is 35.5. The Kier molecular flexibility index (Phi) is 8.60. The van der Waals surface area contributed by atoms with E-state index in [1.165, 1.54) is 12.4 Å². The summed E-state index contributed by atoms with van der Waals surface area (Å²) < 4.78 is 32.6. The molecule has 0 bridgehead atoms. The molecule has 1 amide bonds. The number of thiophene rings is 1. The summed E-state index contributed by atoms with van der Waals surface area (Å²) in [5.41, 5.74) is 2.69. The second-order valence-electron chi connectivity index (χ2n) is 9.01. The van der Waals surface area contributed by atoms with Crippen molar-refractivity contribution < 1.29 is 22.1 Å². The standard InChI is InChI=1S/C27H26ClN5O5S2/c1-40(35,36)38-13-5-3-7-24(34)33-12-10-20-23(15-33)39-27-25(20)26(30-17-31-27)32-18-8-9-22(21(28)14-18)37-16-19-6-2-4-11-29-19/h2-4,6-9,11,14,17H,5,10,12-13,15-16H2,1H3,(H,30,31,32). The van der Waals surface area contributed by atoms with Crippen LogP contribution in [0.4, 0.5) is 11.5 Å². The van der Waals surface area contributed by atoms with E-state index in [1.54, 1.807) is 40.6 Å². The topological polar surface area (TPSA) is 124 Å². The van der Waals surface area contributed by atoms with Crippen molar-refractivity contribution in [1.82, 2.24) is 19.9 Å². The molecule has 3 aromatic heterocycles. The largest absolute Gasteiger partial charge is 0.486 e. The predicted molar refractivity (Wildman–Crippen MR) is 154 cm³/mol. The summed E-state index contributed by atoms with van der Waals surface area (Å²) >= 11 is 8.04. The fourth-order valence-corrected chi connectivity index (χ4v) is 6.07. The molecule has 13 heteroatoms. The first kappa shape index (κ1) is 28.0. The molecule has 0 saturated heterocycles. The zero-order valence-corrected chi connectivity index (χ0v) is 23.9. The van der Waals surface area contributed by atoms with Crippen molar-refractivity contribution in [2.75, 3.05) is 24.7 Å². The summed E-state index contributed by atoms with van der Waals surface area (Å²) in [6, 6.07) is 11.1. The molecule has 0 radical (unpaired) electrons. The van der Waals surface area contributed by atoms with Crippen LogP contribution in [0.3, 0.4) is 0 Å². The van der Waals surface area contributed by atoms with Gasteiger partial charge in [0, 0.05) is 23.3 Å². The Bertz CT molecular complexity index is 1660. The number of amides is 1. The summed E-state index contributed by atoms with van der Waals surface area (Å²) in [6.07, 6.45) is 8.31.